The predicted octanol–water partition coefficient (Wildman–Crippen LogP) is 1.95. The maximum atomic E-state index is 10.2. The highest BCUT2D eigenvalue weighted by atomic mass is 16.5. The molecule has 0 saturated heterocycles. The molecule has 0 fully saturated rings. The van der Waals surface area contributed by atoms with Crippen molar-refractivity contribution < 1.29 is 19.4 Å². The van der Waals surface area contributed by atoms with Gasteiger partial charge in [0, 0.05) is 6.42 Å². The molecule has 0 aromatic carbocycles. The van der Waals surface area contributed by atoms with Crippen LogP contribution < -0.4 is 0 Å². The van der Waals surface area contributed by atoms with Crippen molar-refractivity contribution in [2.24, 2.45) is 5.41 Å². The van der Waals surface area contributed by atoms with E-state index in [1.54, 1.807) is 20.8 Å². The maximum Gasteiger partial charge on any atom is 0.360 e. The molecule has 83 valence electrons. The standard InChI is InChI=1S/C5H9O2.C5H10O2/c1-5(2,3)4(6)7;1-3-4-5(6)7-2/h1-3H3;3-4H2,1-2H3. The first-order valence-corrected chi connectivity index (χ1v) is 4.54. The molecule has 0 aliphatic carbocycles. The van der Waals surface area contributed by atoms with Crippen LogP contribution in [0.4, 0.5) is 0 Å². The van der Waals surface area contributed by atoms with Crippen molar-refractivity contribution in [3.05, 3.63) is 0 Å². The molecule has 0 N–H and O–H groups in total. The summed E-state index contributed by atoms with van der Waals surface area (Å²) < 4.78 is 4.35. The number of esters is 1. The highest BCUT2D eigenvalue weighted by Gasteiger charge is 2.21. The molecular weight excluding hydrogens is 184 g/mol. The molecule has 14 heavy (non-hydrogen) atoms. The van der Waals surface area contributed by atoms with Gasteiger partial charge in [-0.2, -0.15) is 0 Å². The van der Waals surface area contributed by atoms with Gasteiger partial charge in [-0.05, 0) is 27.2 Å². The van der Waals surface area contributed by atoms with E-state index in [1.807, 2.05) is 6.92 Å². The van der Waals surface area contributed by atoms with Gasteiger partial charge in [-0.1, -0.05) is 6.92 Å². The van der Waals surface area contributed by atoms with E-state index in [2.05, 4.69) is 4.74 Å². The van der Waals surface area contributed by atoms with Crippen LogP contribution in [0.15, 0.2) is 0 Å². The fourth-order valence-corrected chi connectivity index (χ4v) is 0.306. The Morgan fingerprint density at radius 2 is 1.57 bits per heavy atom. The van der Waals surface area contributed by atoms with Crippen LogP contribution in [0.5, 0.6) is 0 Å². The van der Waals surface area contributed by atoms with Gasteiger partial charge >= 0.3 is 11.9 Å². The Labute approximate surface area is 85.3 Å². The molecule has 0 aliphatic heterocycles. The molecule has 0 saturated carbocycles. The Balaban J connectivity index is 0. The SMILES string of the molecule is CC(C)(C)C([O])=O.CCCC(=O)OC. The van der Waals surface area contributed by atoms with Crippen molar-refractivity contribution in [2.75, 3.05) is 7.11 Å². The summed E-state index contributed by atoms with van der Waals surface area (Å²) in [7, 11) is 1.40. The minimum absolute atomic E-state index is 0.123. The molecule has 0 aliphatic rings. The summed E-state index contributed by atoms with van der Waals surface area (Å²) in [4.78, 5) is 20.1. The normalized spacial score (nSPS) is 9.79. The van der Waals surface area contributed by atoms with Gasteiger partial charge in [0.2, 0.25) is 0 Å². The Morgan fingerprint density at radius 1 is 1.21 bits per heavy atom. The Kier molecular flexibility index (Phi) is 8.10. The van der Waals surface area contributed by atoms with E-state index in [1.165, 1.54) is 7.11 Å². The number of methoxy groups -OCH3 is 1. The molecule has 4 nitrogen and oxygen atoms in total. The summed E-state index contributed by atoms with van der Waals surface area (Å²) in [6.07, 6.45) is 1.41. The van der Waals surface area contributed by atoms with Gasteiger partial charge in [0.1, 0.15) is 0 Å². The second-order valence-electron chi connectivity index (χ2n) is 3.86. The molecular formula is C10H19O4. The van der Waals surface area contributed by atoms with Crippen molar-refractivity contribution in [1.29, 1.82) is 0 Å². The zero-order valence-corrected chi connectivity index (χ0v) is 9.55. The van der Waals surface area contributed by atoms with Crippen molar-refractivity contribution >= 4 is 11.9 Å². The molecule has 4 heteroatoms. The molecule has 0 unspecified atom stereocenters. The van der Waals surface area contributed by atoms with Gasteiger partial charge in [-0.15, -0.1) is 0 Å². The van der Waals surface area contributed by atoms with E-state index >= 15 is 0 Å². The third-order valence-electron chi connectivity index (χ3n) is 1.29. The summed E-state index contributed by atoms with van der Waals surface area (Å²) in [5.41, 5.74) is -0.694. The van der Waals surface area contributed by atoms with E-state index in [0.717, 1.165) is 6.42 Å². The molecule has 0 rings (SSSR count). The molecule has 0 aromatic heterocycles. The number of rotatable bonds is 2. The van der Waals surface area contributed by atoms with Crippen molar-refractivity contribution in [2.45, 2.75) is 40.5 Å². The number of carbonyl (C=O) groups excluding carboxylic acids is 2. The van der Waals surface area contributed by atoms with Gasteiger partial charge in [-0.25, -0.2) is 9.90 Å². The van der Waals surface area contributed by atoms with Gasteiger partial charge in [0.25, 0.3) is 0 Å². The van der Waals surface area contributed by atoms with E-state index in [9.17, 15) is 14.7 Å². The number of hydrogen-bond acceptors (Lipinski definition) is 3. The quantitative estimate of drug-likeness (QED) is 0.644. The third kappa shape index (κ3) is 10.9. The molecule has 0 atom stereocenters. The lowest BCUT2D eigenvalue weighted by Gasteiger charge is -2.06. The van der Waals surface area contributed by atoms with E-state index in [4.69, 9.17) is 0 Å². The number of hydrogen-bond donors (Lipinski definition) is 0. The lowest BCUT2D eigenvalue weighted by molar-refractivity contribution is -0.152. The van der Waals surface area contributed by atoms with Crippen LogP contribution in [0.1, 0.15) is 40.5 Å². The molecule has 0 amide bonds. The summed E-state index contributed by atoms with van der Waals surface area (Å²) in [6, 6.07) is 0. The largest absolute Gasteiger partial charge is 0.469 e. The summed E-state index contributed by atoms with van der Waals surface area (Å²) in [5.74, 6) is -1.13. The molecule has 0 heterocycles. The minimum Gasteiger partial charge on any atom is -0.469 e. The van der Waals surface area contributed by atoms with Crippen LogP contribution in [0.3, 0.4) is 0 Å². The second kappa shape index (κ2) is 7.35. The van der Waals surface area contributed by atoms with Crippen molar-refractivity contribution in [3.63, 3.8) is 0 Å². The monoisotopic (exact) mass is 203 g/mol. The fraction of sp³-hybridized carbons (Fsp3) is 0.800. The summed E-state index contributed by atoms with van der Waals surface area (Å²) >= 11 is 0. The number of carbonyl (C=O) groups is 2. The maximum absolute atomic E-state index is 10.2. The molecule has 0 spiro atoms. The first-order chi connectivity index (χ1) is 6.25. The Bertz CT molecular complexity index is 179. The van der Waals surface area contributed by atoms with Gasteiger partial charge in [0.15, 0.2) is 0 Å². The van der Waals surface area contributed by atoms with E-state index in [0.29, 0.717) is 6.42 Å². The first kappa shape index (κ1) is 15.4. The highest BCUT2D eigenvalue weighted by Crippen LogP contribution is 2.11. The molecule has 0 aromatic rings. The molecule has 0 bridgehead atoms. The van der Waals surface area contributed by atoms with Gasteiger partial charge in [0.05, 0.1) is 12.5 Å². The van der Waals surface area contributed by atoms with Crippen LogP contribution in [0.2, 0.25) is 0 Å². The lowest BCUT2D eigenvalue weighted by atomic mass is 9.98. The van der Waals surface area contributed by atoms with Gasteiger partial charge in [-0.3, -0.25) is 4.79 Å². The predicted molar refractivity (Wildman–Crippen MR) is 52.1 cm³/mol. The lowest BCUT2D eigenvalue weighted by Crippen LogP contribution is -2.17. The smallest absolute Gasteiger partial charge is 0.360 e. The Hall–Kier alpha value is -1.06. The fourth-order valence-electron chi connectivity index (χ4n) is 0.306. The van der Waals surface area contributed by atoms with Crippen LogP contribution in [-0.4, -0.2) is 19.0 Å². The minimum atomic E-state index is -1.01. The van der Waals surface area contributed by atoms with Crippen molar-refractivity contribution in [3.8, 4) is 0 Å². The van der Waals surface area contributed by atoms with E-state index in [-0.39, 0.29) is 5.97 Å². The van der Waals surface area contributed by atoms with Crippen LogP contribution in [0.25, 0.3) is 0 Å². The zero-order valence-electron chi connectivity index (χ0n) is 9.55. The summed E-state index contributed by atoms with van der Waals surface area (Å²) in [5, 5.41) is 9.91. The van der Waals surface area contributed by atoms with E-state index < -0.39 is 11.4 Å². The average Bonchev–Trinajstić information content (AvgIpc) is 2.04. The number of ether oxygens (including phenoxy) is 1. The average molecular weight is 203 g/mol. The second-order valence-corrected chi connectivity index (χ2v) is 3.86. The zero-order chi connectivity index (χ0) is 11.8. The Morgan fingerprint density at radius 3 is 1.64 bits per heavy atom. The highest BCUT2D eigenvalue weighted by molar-refractivity contribution is 5.72. The van der Waals surface area contributed by atoms with Crippen LogP contribution >= 0.6 is 0 Å². The van der Waals surface area contributed by atoms with Crippen LogP contribution in [0, 0.1) is 5.41 Å². The molecule has 1 radical (unpaired) electrons. The topological polar surface area (TPSA) is 63.3 Å². The first-order valence-electron chi connectivity index (χ1n) is 4.54. The van der Waals surface area contributed by atoms with Gasteiger partial charge < -0.3 is 4.74 Å². The third-order valence-corrected chi connectivity index (χ3v) is 1.29. The van der Waals surface area contributed by atoms with Crippen molar-refractivity contribution in [1.82, 2.24) is 0 Å². The summed E-state index contributed by atoms with van der Waals surface area (Å²) in [6.45, 7) is 6.74. The van der Waals surface area contributed by atoms with Crippen LogP contribution in [-0.2, 0) is 19.4 Å².